The summed E-state index contributed by atoms with van der Waals surface area (Å²) in [5, 5.41) is 14.4. The van der Waals surface area contributed by atoms with Crippen LogP contribution in [0.5, 0.6) is 0 Å². The first-order valence-corrected chi connectivity index (χ1v) is 5.70. The van der Waals surface area contributed by atoms with Gasteiger partial charge < -0.3 is 15.7 Å². The largest absolute Gasteiger partial charge is 0.480 e. The van der Waals surface area contributed by atoms with Gasteiger partial charge in [0.05, 0.1) is 0 Å². The van der Waals surface area contributed by atoms with Crippen LogP contribution in [0.4, 0.5) is 0 Å². The summed E-state index contributed by atoms with van der Waals surface area (Å²) >= 11 is 0. The van der Waals surface area contributed by atoms with Gasteiger partial charge in [-0.25, -0.2) is 4.79 Å². The van der Waals surface area contributed by atoms with E-state index in [9.17, 15) is 9.59 Å². The molecule has 0 saturated heterocycles. The monoisotopic (exact) mass is 230 g/mol. The predicted octanol–water partition coefficient (Wildman–Crippen LogP) is 0.744. The first-order valence-electron chi connectivity index (χ1n) is 5.70. The molecule has 0 aliphatic rings. The van der Waals surface area contributed by atoms with Crippen molar-refractivity contribution in [2.24, 2.45) is 0 Å². The molecule has 0 rings (SSSR count). The van der Waals surface area contributed by atoms with Gasteiger partial charge in [0, 0.05) is 19.5 Å². The molecule has 0 aliphatic heterocycles. The van der Waals surface area contributed by atoms with Crippen LogP contribution in [0.25, 0.3) is 0 Å². The highest BCUT2D eigenvalue weighted by Gasteiger charge is 2.18. The summed E-state index contributed by atoms with van der Waals surface area (Å²) in [6, 6.07) is -0.572. The minimum atomic E-state index is -1.01. The first-order chi connectivity index (χ1) is 7.47. The Morgan fingerprint density at radius 3 is 2.44 bits per heavy atom. The minimum Gasteiger partial charge on any atom is -0.480 e. The van der Waals surface area contributed by atoms with E-state index in [0.29, 0.717) is 0 Å². The van der Waals surface area contributed by atoms with Gasteiger partial charge in [0.1, 0.15) is 6.04 Å². The molecule has 5 heteroatoms. The Labute approximate surface area is 96.6 Å². The Kier molecular flexibility index (Phi) is 7.54. The van der Waals surface area contributed by atoms with E-state index < -0.39 is 12.0 Å². The van der Waals surface area contributed by atoms with Crippen LogP contribution in [0.3, 0.4) is 0 Å². The first kappa shape index (κ1) is 14.9. The minimum absolute atomic E-state index is 0.264. The average Bonchev–Trinajstić information content (AvgIpc) is 2.20. The zero-order valence-electron chi connectivity index (χ0n) is 10.2. The van der Waals surface area contributed by atoms with Crippen molar-refractivity contribution >= 4 is 11.9 Å². The van der Waals surface area contributed by atoms with E-state index in [1.165, 1.54) is 6.92 Å². The van der Waals surface area contributed by atoms with Gasteiger partial charge in [0.25, 0.3) is 0 Å². The van der Waals surface area contributed by atoms with Crippen molar-refractivity contribution in [1.82, 2.24) is 10.6 Å². The lowest BCUT2D eigenvalue weighted by Gasteiger charge is -2.18. The highest BCUT2D eigenvalue weighted by atomic mass is 16.4. The predicted molar refractivity (Wildman–Crippen MR) is 62.2 cm³/mol. The molecular formula is C11H22N2O3. The quantitative estimate of drug-likeness (QED) is 0.575. The molecule has 3 N–H and O–H groups in total. The molecule has 0 fully saturated rings. The van der Waals surface area contributed by atoms with Crippen molar-refractivity contribution in [1.29, 1.82) is 0 Å². The van der Waals surface area contributed by atoms with E-state index in [0.717, 1.165) is 19.3 Å². The Hall–Kier alpha value is -1.10. The summed E-state index contributed by atoms with van der Waals surface area (Å²) in [6.45, 7) is 5.71. The van der Waals surface area contributed by atoms with Crippen molar-refractivity contribution in [3.8, 4) is 0 Å². The molecule has 16 heavy (non-hydrogen) atoms. The van der Waals surface area contributed by atoms with E-state index in [-0.39, 0.29) is 18.5 Å². The third-order valence-corrected chi connectivity index (χ3v) is 2.34. The molecule has 0 saturated carbocycles. The molecule has 0 aliphatic carbocycles. The maximum atomic E-state index is 10.8. The van der Waals surface area contributed by atoms with Crippen molar-refractivity contribution in [3.63, 3.8) is 0 Å². The molecule has 2 atom stereocenters. The zero-order chi connectivity index (χ0) is 12.6. The second-order valence-electron chi connectivity index (χ2n) is 4.04. The maximum Gasteiger partial charge on any atom is 0.327 e. The highest BCUT2D eigenvalue weighted by molar-refractivity contribution is 5.82. The summed E-state index contributed by atoms with van der Waals surface area (Å²) in [6.07, 6.45) is 3.26. The lowest BCUT2D eigenvalue weighted by molar-refractivity contribution is -0.141. The number of nitrogens with one attached hydrogen (secondary N) is 2. The third kappa shape index (κ3) is 7.23. The normalized spacial score (nSPS) is 14.2. The van der Waals surface area contributed by atoms with E-state index in [4.69, 9.17) is 5.11 Å². The molecule has 0 radical (unpaired) electrons. The van der Waals surface area contributed by atoms with Crippen LogP contribution in [0, 0.1) is 0 Å². The Balaban J connectivity index is 3.92. The molecule has 0 heterocycles. The summed E-state index contributed by atoms with van der Waals surface area (Å²) in [4.78, 5) is 21.6. The van der Waals surface area contributed by atoms with Crippen LogP contribution < -0.4 is 10.6 Å². The molecular weight excluding hydrogens is 208 g/mol. The van der Waals surface area contributed by atoms with Crippen molar-refractivity contribution < 1.29 is 14.7 Å². The van der Waals surface area contributed by atoms with Crippen LogP contribution in [-0.4, -0.2) is 35.6 Å². The molecule has 0 aromatic heterocycles. The van der Waals surface area contributed by atoms with Gasteiger partial charge >= 0.3 is 5.97 Å². The van der Waals surface area contributed by atoms with Crippen LogP contribution in [-0.2, 0) is 9.59 Å². The van der Waals surface area contributed by atoms with Crippen molar-refractivity contribution in [2.75, 3.05) is 6.54 Å². The third-order valence-electron chi connectivity index (χ3n) is 2.34. The van der Waals surface area contributed by atoms with Crippen molar-refractivity contribution in [3.05, 3.63) is 0 Å². The van der Waals surface area contributed by atoms with E-state index in [1.54, 1.807) is 0 Å². The second-order valence-corrected chi connectivity index (χ2v) is 4.04. The number of carbonyl (C=O) groups is 2. The van der Waals surface area contributed by atoms with Gasteiger partial charge in [-0.3, -0.25) is 4.79 Å². The zero-order valence-corrected chi connectivity index (χ0v) is 10.2. The number of hydrogen-bond acceptors (Lipinski definition) is 3. The van der Waals surface area contributed by atoms with Crippen LogP contribution >= 0.6 is 0 Å². The fraction of sp³-hybridized carbons (Fsp3) is 0.818. The highest BCUT2D eigenvalue weighted by Crippen LogP contribution is 1.99. The number of aliphatic carboxylic acids is 1. The Morgan fingerprint density at radius 1 is 1.38 bits per heavy atom. The maximum absolute atomic E-state index is 10.8. The van der Waals surface area contributed by atoms with Crippen LogP contribution in [0.2, 0.25) is 0 Å². The second kappa shape index (κ2) is 8.10. The number of carboxylic acid groups (broad SMARTS) is 1. The number of carboxylic acids is 1. The molecule has 0 spiro atoms. The molecule has 0 bridgehead atoms. The van der Waals surface area contributed by atoms with E-state index in [2.05, 4.69) is 17.6 Å². The number of amides is 1. The average molecular weight is 230 g/mol. The standard InChI is InChI=1S/C11H22N2O3/c1-4-5-6-8(2)12-7-10(11(15)16)13-9(3)14/h8,10,12H,4-7H2,1-3H3,(H,13,14)(H,15,16). The summed E-state index contributed by atoms with van der Waals surface area (Å²) in [7, 11) is 0. The van der Waals surface area contributed by atoms with Gasteiger partial charge in [-0.05, 0) is 13.3 Å². The number of rotatable bonds is 8. The lowest BCUT2D eigenvalue weighted by atomic mass is 10.1. The van der Waals surface area contributed by atoms with Gasteiger partial charge in [0.2, 0.25) is 5.91 Å². The van der Waals surface area contributed by atoms with Crippen LogP contribution in [0.1, 0.15) is 40.0 Å². The lowest BCUT2D eigenvalue weighted by Crippen LogP contribution is -2.48. The Morgan fingerprint density at radius 2 is 2.00 bits per heavy atom. The SMILES string of the molecule is CCCCC(C)NCC(NC(C)=O)C(=O)O. The van der Waals surface area contributed by atoms with Gasteiger partial charge in [-0.2, -0.15) is 0 Å². The summed E-state index contributed by atoms with van der Waals surface area (Å²) in [5.41, 5.74) is 0. The molecule has 2 unspecified atom stereocenters. The number of unbranched alkanes of at least 4 members (excludes halogenated alkanes) is 1. The molecule has 0 aromatic carbocycles. The fourth-order valence-corrected chi connectivity index (χ4v) is 1.38. The van der Waals surface area contributed by atoms with E-state index in [1.807, 2.05) is 6.92 Å². The molecule has 0 aromatic rings. The number of hydrogen-bond donors (Lipinski definition) is 3. The number of carbonyl (C=O) groups excluding carboxylic acids is 1. The summed E-state index contributed by atoms with van der Waals surface area (Å²) in [5.74, 6) is -1.33. The van der Waals surface area contributed by atoms with Gasteiger partial charge in [-0.1, -0.05) is 19.8 Å². The van der Waals surface area contributed by atoms with E-state index >= 15 is 0 Å². The van der Waals surface area contributed by atoms with Gasteiger partial charge in [0.15, 0.2) is 0 Å². The molecule has 94 valence electrons. The molecule has 1 amide bonds. The summed E-state index contributed by atoms with van der Waals surface area (Å²) < 4.78 is 0. The smallest absolute Gasteiger partial charge is 0.327 e. The molecule has 5 nitrogen and oxygen atoms in total. The Bertz CT molecular complexity index is 231. The van der Waals surface area contributed by atoms with Crippen molar-refractivity contribution in [2.45, 2.75) is 52.1 Å². The van der Waals surface area contributed by atoms with Crippen LogP contribution in [0.15, 0.2) is 0 Å². The fourth-order valence-electron chi connectivity index (χ4n) is 1.38. The van der Waals surface area contributed by atoms with Gasteiger partial charge in [-0.15, -0.1) is 0 Å². The topological polar surface area (TPSA) is 78.4 Å².